The molecule has 1 heterocycles. The SMILES string of the molecule is CCCC(NC(=O)CSc1ncc(CO)n1C)c1ccccc1. The Morgan fingerprint density at radius 1 is 1.39 bits per heavy atom. The number of carbonyl (C=O) groups is 1. The third kappa shape index (κ3) is 4.84. The average molecular weight is 333 g/mol. The van der Waals surface area contributed by atoms with Crippen LogP contribution in [0.2, 0.25) is 0 Å². The molecule has 1 amide bonds. The first-order valence-electron chi connectivity index (χ1n) is 7.74. The predicted octanol–water partition coefficient (Wildman–Crippen LogP) is 2.66. The summed E-state index contributed by atoms with van der Waals surface area (Å²) in [6.45, 7) is 2.06. The van der Waals surface area contributed by atoms with Gasteiger partial charge in [-0.3, -0.25) is 4.79 Å². The van der Waals surface area contributed by atoms with Crippen LogP contribution < -0.4 is 5.32 Å². The fourth-order valence-electron chi connectivity index (χ4n) is 2.37. The van der Waals surface area contributed by atoms with Crippen LogP contribution in [0.25, 0.3) is 0 Å². The Bertz CT molecular complexity index is 628. The van der Waals surface area contributed by atoms with E-state index in [1.807, 2.05) is 37.4 Å². The Morgan fingerprint density at radius 2 is 2.13 bits per heavy atom. The normalized spacial score (nSPS) is 12.1. The van der Waals surface area contributed by atoms with Crippen molar-refractivity contribution in [2.75, 3.05) is 5.75 Å². The van der Waals surface area contributed by atoms with Crippen LogP contribution in [0, 0.1) is 0 Å². The summed E-state index contributed by atoms with van der Waals surface area (Å²) in [6, 6.07) is 10.1. The van der Waals surface area contributed by atoms with Crippen molar-refractivity contribution >= 4 is 17.7 Å². The molecule has 1 aromatic heterocycles. The van der Waals surface area contributed by atoms with E-state index in [9.17, 15) is 4.79 Å². The number of nitrogens with one attached hydrogen (secondary N) is 1. The minimum atomic E-state index is -0.0527. The van der Waals surface area contributed by atoms with E-state index in [1.165, 1.54) is 11.8 Å². The first-order chi connectivity index (χ1) is 11.2. The van der Waals surface area contributed by atoms with Gasteiger partial charge in [-0.05, 0) is 12.0 Å². The molecule has 0 radical (unpaired) electrons. The van der Waals surface area contributed by atoms with Crippen molar-refractivity contribution in [3.05, 3.63) is 47.8 Å². The van der Waals surface area contributed by atoms with Crippen LogP contribution >= 0.6 is 11.8 Å². The quantitative estimate of drug-likeness (QED) is 0.729. The zero-order valence-electron chi connectivity index (χ0n) is 13.5. The van der Waals surface area contributed by atoms with Gasteiger partial charge in [0, 0.05) is 7.05 Å². The van der Waals surface area contributed by atoms with Gasteiger partial charge in [0.05, 0.1) is 30.3 Å². The van der Waals surface area contributed by atoms with Gasteiger partial charge in [-0.15, -0.1) is 0 Å². The molecule has 0 aliphatic heterocycles. The molecule has 1 atom stereocenters. The molecule has 0 bridgehead atoms. The lowest BCUT2D eigenvalue weighted by Crippen LogP contribution is -2.30. The number of amides is 1. The van der Waals surface area contributed by atoms with Crippen molar-refractivity contribution in [3.8, 4) is 0 Å². The zero-order valence-corrected chi connectivity index (χ0v) is 14.3. The zero-order chi connectivity index (χ0) is 16.7. The molecular weight excluding hydrogens is 310 g/mol. The Labute approximate surface area is 141 Å². The summed E-state index contributed by atoms with van der Waals surface area (Å²) in [4.78, 5) is 16.5. The molecular formula is C17H23N3O2S. The summed E-state index contributed by atoms with van der Waals surface area (Å²) < 4.78 is 1.80. The average Bonchev–Trinajstić information content (AvgIpc) is 2.93. The fourth-order valence-corrected chi connectivity index (χ4v) is 3.15. The van der Waals surface area contributed by atoms with Crippen LogP contribution in [-0.2, 0) is 18.4 Å². The van der Waals surface area contributed by atoms with Crippen molar-refractivity contribution < 1.29 is 9.90 Å². The van der Waals surface area contributed by atoms with E-state index in [1.54, 1.807) is 10.8 Å². The largest absolute Gasteiger partial charge is 0.390 e. The maximum Gasteiger partial charge on any atom is 0.230 e. The smallest absolute Gasteiger partial charge is 0.230 e. The summed E-state index contributed by atoms with van der Waals surface area (Å²) >= 11 is 1.38. The highest BCUT2D eigenvalue weighted by Gasteiger charge is 2.15. The minimum absolute atomic E-state index is 0.00847. The topological polar surface area (TPSA) is 67.2 Å². The highest BCUT2D eigenvalue weighted by Crippen LogP contribution is 2.20. The Hall–Kier alpha value is -1.79. The van der Waals surface area contributed by atoms with E-state index < -0.39 is 0 Å². The van der Waals surface area contributed by atoms with E-state index in [4.69, 9.17) is 5.11 Å². The second kappa shape index (κ2) is 8.74. The molecule has 124 valence electrons. The van der Waals surface area contributed by atoms with Crippen molar-refractivity contribution in [2.24, 2.45) is 7.05 Å². The lowest BCUT2D eigenvalue weighted by atomic mass is 10.0. The van der Waals surface area contributed by atoms with Gasteiger partial charge in [0.15, 0.2) is 5.16 Å². The maximum atomic E-state index is 12.2. The van der Waals surface area contributed by atoms with E-state index in [0.29, 0.717) is 5.75 Å². The van der Waals surface area contributed by atoms with Gasteiger partial charge in [-0.2, -0.15) is 0 Å². The van der Waals surface area contributed by atoms with Crippen molar-refractivity contribution in [1.82, 2.24) is 14.9 Å². The monoisotopic (exact) mass is 333 g/mol. The summed E-state index contributed by atoms with van der Waals surface area (Å²) in [7, 11) is 1.84. The van der Waals surface area contributed by atoms with E-state index in [2.05, 4.69) is 17.2 Å². The van der Waals surface area contributed by atoms with Gasteiger partial charge in [0.25, 0.3) is 0 Å². The number of carbonyl (C=O) groups excluding carboxylic acids is 1. The number of hydrogen-bond donors (Lipinski definition) is 2. The van der Waals surface area contributed by atoms with E-state index in [-0.39, 0.29) is 18.6 Å². The number of thioether (sulfide) groups is 1. The van der Waals surface area contributed by atoms with Crippen molar-refractivity contribution in [3.63, 3.8) is 0 Å². The van der Waals surface area contributed by atoms with Gasteiger partial charge in [-0.1, -0.05) is 55.4 Å². The molecule has 23 heavy (non-hydrogen) atoms. The van der Waals surface area contributed by atoms with Gasteiger partial charge >= 0.3 is 0 Å². The summed E-state index contributed by atoms with van der Waals surface area (Å²) in [5, 5.41) is 13.0. The van der Waals surface area contributed by atoms with Crippen LogP contribution in [-0.4, -0.2) is 26.3 Å². The summed E-state index contributed by atoms with van der Waals surface area (Å²) in [6.07, 6.45) is 3.55. The number of rotatable bonds is 8. The molecule has 0 aliphatic carbocycles. The molecule has 1 aromatic carbocycles. The molecule has 2 aromatic rings. The molecule has 0 spiro atoms. The fraction of sp³-hybridized carbons (Fsp3) is 0.412. The van der Waals surface area contributed by atoms with Gasteiger partial charge in [0.1, 0.15) is 0 Å². The first kappa shape index (κ1) is 17.6. The van der Waals surface area contributed by atoms with Crippen LogP contribution in [0.1, 0.15) is 37.1 Å². The van der Waals surface area contributed by atoms with Crippen molar-refractivity contribution in [1.29, 1.82) is 0 Å². The Morgan fingerprint density at radius 3 is 2.74 bits per heavy atom. The Kier molecular flexibility index (Phi) is 6.67. The van der Waals surface area contributed by atoms with E-state index >= 15 is 0 Å². The van der Waals surface area contributed by atoms with Crippen LogP contribution in [0.15, 0.2) is 41.7 Å². The second-order valence-corrected chi connectivity index (χ2v) is 6.30. The van der Waals surface area contributed by atoms with Crippen LogP contribution in [0.5, 0.6) is 0 Å². The molecule has 0 saturated carbocycles. The van der Waals surface area contributed by atoms with E-state index in [0.717, 1.165) is 29.3 Å². The number of hydrogen-bond acceptors (Lipinski definition) is 4. The molecule has 0 saturated heterocycles. The number of benzene rings is 1. The van der Waals surface area contributed by atoms with Crippen molar-refractivity contribution in [2.45, 2.75) is 37.6 Å². The van der Waals surface area contributed by atoms with Gasteiger partial charge < -0.3 is 15.0 Å². The van der Waals surface area contributed by atoms with Gasteiger partial charge in [0.2, 0.25) is 5.91 Å². The third-order valence-electron chi connectivity index (χ3n) is 3.65. The molecule has 0 fully saturated rings. The first-order valence-corrected chi connectivity index (χ1v) is 8.72. The summed E-state index contributed by atoms with van der Waals surface area (Å²) in [5.41, 5.74) is 1.87. The Balaban J connectivity index is 1.93. The highest BCUT2D eigenvalue weighted by molar-refractivity contribution is 7.99. The van der Waals surface area contributed by atoms with Crippen LogP contribution in [0.3, 0.4) is 0 Å². The molecule has 0 aliphatic rings. The van der Waals surface area contributed by atoms with Gasteiger partial charge in [-0.25, -0.2) is 4.98 Å². The standard InChI is InChI=1S/C17H23N3O2S/c1-3-7-15(13-8-5-4-6-9-13)19-16(22)12-23-17-18-10-14(11-21)20(17)2/h4-6,8-10,15,21H,3,7,11-12H2,1-2H3,(H,19,22). The minimum Gasteiger partial charge on any atom is -0.390 e. The second-order valence-electron chi connectivity index (χ2n) is 5.36. The number of aliphatic hydroxyl groups is 1. The number of aromatic nitrogens is 2. The molecule has 1 unspecified atom stereocenters. The number of imidazole rings is 1. The lowest BCUT2D eigenvalue weighted by Gasteiger charge is -2.18. The molecule has 2 rings (SSSR count). The maximum absolute atomic E-state index is 12.2. The predicted molar refractivity (Wildman–Crippen MR) is 92.1 cm³/mol. The highest BCUT2D eigenvalue weighted by atomic mass is 32.2. The molecule has 6 heteroatoms. The number of aliphatic hydroxyl groups excluding tert-OH is 1. The third-order valence-corrected chi connectivity index (χ3v) is 4.69. The molecule has 5 nitrogen and oxygen atoms in total. The summed E-state index contributed by atoms with van der Waals surface area (Å²) in [5.74, 6) is 0.300. The van der Waals surface area contributed by atoms with Crippen LogP contribution in [0.4, 0.5) is 0 Å². The lowest BCUT2D eigenvalue weighted by molar-refractivity contribution is -0.119. The molecule has 2 N–H and O–H groups in total. The number of nitrogens with zero attached hydrogens (tertiary/aromatic N) is 2.